The van der Waals surface area contributed by atoms with Crippen molar-refractivity contribution in [2.24, 2.45) is 5.92 Å². The summed E-state index contributed by atoms with van der Waals surface area (Å²) < 4.78 is 0. The molecule has 148 valence electrons. The fourth-order valence-electron chi connectivity index (χ4n) is 6.37. The minimum absolute atomic E-state index is 0.272. The van der Waals surface area contributed by atoms with E-state index in [1.165, 1.54) is 27.6 Å². The monoisotopic (exact) mass is 385 g/mol. The minimum atomic E-state index is -0.272. The van der Waals surface area contributed by atoms with Crippen LogP contribution < -0.4 is 0 Å². The third-order valence-corrected chi connectivity index (χ3v) is 7.73. The summed E-state index contributed by atoms with van der Waals surface area (Å²) >= 11 is 0. The predicted molar refractivity (Wildman–Crippen MR) is 114 cm³/mol. The normalized spacial score (nSPS) is 29.0. The molecule has 3 aliphatic rings. The molecule has 1 aromatic heterocycles. The van der Waals surface area contributed by atoms with Gasteiger partial charge < -0.3 is 9.88 Å². The summed E-state index contributed by atoms with van der Waals surface area (Å²) in [4.78, 5) is 21.9. The van der Waals surface area contributed by atoms with Crippen LogP contribution in [-0.2, 0) is 11.3 Å². The van der Waals surface area contributed by atoms with E-state index in [0.29, 0.717) is 17.9 Å². The van der Waals surface area contributed by atoms with E-state index >= 15 is 0 Å². The van der Waals surface area contributed by atoms with Gasteiger partial charge in [0.15, 0.2) is 0 Å². The Morgan fingerprint density at radius 3 is 2.86 bits per heavy atom. The smallest absolute Gasteiger partial charge is 0.243 e. The predicted octanol–water partition coefficient (Wildman–Crippen LogP) is 4.41. The number of nitrogens with one attached hydrogen (secondary N) is 1. The molecule has 3 atom stereocenters. The van der Waals surface area contributed by atoms with Crippen LogP contribution in [0.2, 0.25) is 0 Å². The van der Waals surface area contributed by atoms with Gasteiger partial charge in [0.05, 0.1) is 0 Å². The summed E-state index contributed by atoms with van der Waals surface area (Å²) in [6.45, 7) is 4.81. The zero-order valence-electron chi connectivity index (χ0n) is 16.9. The number of carbonyl (C=O) groups excluding carboxylic acids is 1. The molecule has 1 N–H and O–H groups in total. The SMILES string of the molecule is Cc1ccccc1CN1C[C@@H]2C[C@@H](c3c[nH]c4ccccc34)N3CCC[C@@]23C1=O. The highest BCUT2D eigenvalue weighted by molar-refractivity contribution is 5.91. The van der Waals surface area contributed by atoms with E-state index in [1.54, 1.807) is 0 Å². The van der Waals surface area contributed by atoms with E-state index < -0.39 is 0 Å². The van der Waals surface area contributed by atoms with Crippen molar-refractivity contribution >= 4 is 16.8 Å². The van der Waals surface area contributed by atoms with Crippen molar-refractivity contribution in [3.8, 4) is 0 Å². The molecule has 4 heteroatoms. The lowest BCUT2D eigenvalue weighted by Gasteiger charge is -2.33. The Kier molecular flexibility index (Phi) is 3.70. The summed E-state index contributed by atoms with van der Waals surface area (Å²) in [5.74, 6) is 0.797. The van der Waals surface area contributed by atoms with Gasteiger partial charge in [-0.25, -0.2) is 0 Å². The Bertz CT molecular complexity index is 1100. The molecule has 4 heterocycles. The second-order valence-corrected chi connectivity index (χ2v) is 9.07. The first-order chi connectivity index (χ1) is 14.2. The molecule has 4 nitrogen and oxygen atoms in total. The first-order valence-electron chi connectivity index (χ1n) is 10.8. The van der Waals surface area contributed by atoms with Crippen LogP contribution in [0.5, 0.6) is 0 Å². The Morgan fingerprint density at radius 2 is 1.97 bits per heavy atom. The number of rotatable bonds is 3. The highest BCUT2D eigenvalue weighted by Crippen LogP contribution is 2.56. The fourth-order valence-corrected chi connectivity index (χ4v) is 6.37. The molecule has 3 aromatic rings. The first kappa shape index (κ1) is 17.3. The van der Waals surface area contributed by atoms with E-state index in [1.807, 2.05) is 0 Å². The van der Waals surface area contributed by atoms with Crippen molar-refractivity contribution in [1.82, 2.24) is 14.8 Å². The highest BCUT2D eigenvalue weighted by atomic mass is 16.2. The minimum Gasteiger partial charge on any atom is -0.361 e. The zero-order valence-corrected chi connectivity index (χ0v) is 16.9. The number of hydrogen-bond acceptors (Lipinski definition) is 2. The molecule has 29 heavy (non-hydrogen) atoms. The largest absolute Gasteiger partial charge is 0.361 e. The first-order valence-corrected chi connectivity index (χ1v) is 10.8. The van der Waals surface area contributed by atoms with Crippen LogP contribution in [-0.4, -0.2) is 39.3 Å². The number of hydrogen-bond donors (Lipinski definition) is 1. The lowest BCUT2D eigenvalue weighted by Crippen LogP contribution is -2.49. The van der Waals surface area contributed by atoms with Crippen molar-refractivity contribution < 1.29 is 4.79 Å². The van der Waals surface area contributed by atoms with Gasteiger partial charge in [-0.3, -0.25) is 9.69 Å². The molecule has 3 saturated heterocycles. The van der Waals surface area contributed by atoms with Gasteiger partial charge in [0.1, 0.15) is 5.54 Å². The second-order valence-electron chi connectivity index (χ2n) is 9.07. The molecule has 0 saturated carbocycles. The molecule has 0 radical (unpaired) electrons. The maximum atomic E-state index is 13.8. The summed E-state index contributed by atoms with van der Waals surface area (Å²) in [6.07, 6.45) is 5.40. The topological polar surface area (TPSA) is 39.3 Å². The van der Waals surface area contributed by atoms with Crippen molar-refractivity contribution in [2.45, 2.75) is 44.3 Å². The third kappa shape index (κ3) is 2.32. The number of aromatic nitrogens is 1. The molecule has 0 aliphatic carbocycles. The molecule has 1 spiro atoms. The van der Waals surface area contributed by atoms with Gasteiger partial charge in [-0.2, -0.15) is 0 Å². The fraction of sp³-hybridized carbons (Fsp3) is 0.400. The summed E-state index contributed by atoms with van der Waals surface area (Å²) in [5.41, 5.74) is 4.84. The van der Waals surface area contributed by atoms with Gasteiger partial charge in [0, 0.05) is 42.1 Å². The van der Waals surface area contributed by atoms with E-state index in [2.05, 4.69) is 76.4 Å². The Hall–Kier alpha value is -2.59. The van der Waals surface area contributed by atoms with Gasteiger partial charge in [0.25, 0.3) is 0 Å². The molecule has 3 fully saturated rings. The van der Waals surface area contributed by atoms with E-state index in [0.717, 1.165) is 38.9 Å². The van der Waals surface area contributed by atoms with Crippen LogP contribution in [0.15, 0.2) is 54.7 Å². The summed E-state index contributed by atoms with van der Waals surface area (Å²) in [6, 6.07) is 17.4. The van der Waals surface area contributed by atoms with Crippen LogP contribution in [0.25, 0.3) is 10.9 Å². The summed E-state index contributed by atoms with van der Waals surface area (Å²) in [7, 11) is 0. The maximum absolute atomic E-state index is 13.8. The van der Waals surface area contributed by atoms with Crippen molar-refractivity contribution in [2.75, 3.05) is 13.1 Å². The number of H-pyrrole nitrogens is 1. The molecule has 6 rings (SSSR count). The number of fused-ring (bicyclic) bond motifs is 1. The Balaban J connectivity index is 1.34. The molecule has 0 bridgehead atoms. The number of amides is 1. The zero-order chi connectivity index (χ0) is 19.6. The quantitative estimate of drug-likeness (QED) is 0.725. The number of carbonyl (C=O) groups is 1. The molecule has 3 aliphatic heterocycles. The van der Waals surface area contributed by atoms with Crippen LogP contribution >= 0.6 is 0 Å². The van der Waals surface area contributed by atoms with E-state index in [-0.39, 0.29) is 5.54 Å². The van der Waals surface area contributed by atoms with Crippen molar-refractivity contribution in [3.05, 3.63) is 71.4 Å². The Labute approximate surface area is 171 Å². The second kappa shape index (κ2) is 6.20. The van der Waals surface area contributed by atoms with Crippen LogP contribution in [0.4, 0.5) is 0 Å². The molecular weight excluding hydrogens is 358 g/mol. The number of aryl methyl sites for hydroxylation is 1. The van der Waals surface area contributed by atoms with Crippen LogP contribution in [0.3, 0.4) is 0 Å². The maximum Gasteiger partial charge on any atom is 0.243 e. The number of likely N-dealkylation sites (tertiary alicyclic amines) is 1. The van der Waals surface area contributed by atoms with E-state index in [9.17, 15) is 4.79 Å². The standard InChI is InChI=1S/C25H27N3O/c1-17-7-2-3-8-18(17)15-27-16-19-13-23(28-12-6-11-25(19,28)24(27)29)21-14-26-22-10-5-4-9-20(21)22/h2-5,7-10,14,19,23,26H,6,11-13,15-16H2,1H3/t19-,23-,25-/m0/s1. The number of aromatic amines is 1. The van der Waals surface area contributed by atoms with Gasteiger partial charge in [-0.05, 0) is 55.5 Å². The molecular formula is C25H27N3O. The third-order valence-electron chi connectivity index (χ3n) is 7.73. The average Bonchev–Trinajstić information content (AvgIpc) is 3.46. The van der Waals surface area contributed by atoms with Crippen molar-refractivity contribution in [3.63, 3.8) is 0 Å². The average molecular weight is 386 g/mol. The number of nitrogens with zero attached hydrogens (tertiary/aromatic N) is 2. The lowest BCUT2D eigenvalue weighted by atomic mass is 9.85. The molecule has 0 unspecified atom stereocenters. The van der Waals surface area contributed by atoms with Gasteiger partial charge in [-0.1, -0.05) is 42.5 Å². The van der Waals surface area contributed by atoms with Gasteiger partial charge in [-0.15, -0.1) is 0 Å². The number of benzene rings is 2. The Morgan fingerprint density at radius 1 is 1.14 bits per heavy atom. The van der Waals surface area contributed by atoms with E-state index in [4.69, 9.17) is 0 Å². The van der Waals surface area contributed by atoms with Crippen LogP contribution in [0.1, 0.15) is 42.0 Å². The van der Waals surface area contributed by atoms with Gasteiger partial charge in [0.2, 0.25) is 5.91 Å². The number of para-hydroxylation sites is 1. The highest BCUT2D eigenvalue weighted by Gasteiger charge is 2.65. The van der Waals surface area contributed by atoms with Crippen molar-refractivity contribution in [1.29, 1.82) is 0 Å². The lowest BCUT2D eigenvalue weighted by molar-refractivity contribution is -0.137. The van der Waals surface area contributed by atoms with Gasteiger partial charge >= 0.3 is 0 Å². The van der Waals surface area contributed by atoms with Crippen LogP contribution in [0, 0.1) is 12.8 Å². The molecule has 1 amide bonds. The summed E-state index contributed by atoms with van der Waals surface area (Å²) in [5, 5.41) is 1.31. The molecule has 2 aromatic carbocycles.